The number of methoxy groups -OCH3 is 1. The normalized spacial score (nSPS) is 20.8. The Morgan fingerprint density at radius 3 is 2.72 bits per heavy atom. The maximum atomic E-state index is 12.1. The van der Waals surface area contributed by atoms with Gasteiger partial charge in [-0.3, -0.25) is 9.80 Å². The number of nitrogens with zero attached hydrogens (tertiary/aromatic N) is 2. The van der Waals surface area contributed by atoms with E-state index >= 15 is 0 Å². The number of ether oxygens (including phenoxy) is 1. The predicted octanol–water partition coefficient (Wildman–Crippen LogP) is 5.66. The molecule has 0 bridgehead atoms. The number of carbonyl (C=O) groups excluding carboxylic acids is 1. The van der Waals surface area contributed by atoms with Gasteiger partial charge in [0.15, 0.2) is 5.78 Å². The van der Waals surface area contributed by atoms with Crippen LogP contribution in [0.4, 0.5) is 0 Å². The van der Waals surface area contributed by atoms with Crippen molar-refractivity contribution in [1.29, 1.82) is 0 Å². The van der Waals surface area contributed by atoms with E-state index in [0.29, 0.717) is 6.42 Å². The molecule has 0 saturated heterocycles. The molecule has 0 fully saturated rings. The van der Waals surface area contributed by atoms with Gasteiger partial charge < -0.3 is 4.74 Å². The molecule has 5 heteroatoms. The van der Waals surface area contributed by atoms with Gasteiger partial charge in [0.05, 0.1) is 18.9 Å². The highest BCUT2D eigenvalue weighted by molar-refractivity contribution is 9.10. The quantitative estimate of drug-likeness (QED) is 0.549. The van der Waals surface area contributed by atoms with Crippen LogP contribution in [0.15, 0.2) is 63.8 Å². The van der Waals surface area contributed by atoms with E-state index in [0.717, 1.165) is 34.5 Å². The summed E-state index contributed by atoms with van der Waals surface area (Å²) in [6, 6.07) is 14.8. The standard InChI is InChI=1S/C24H25BrN2O2/c1-4-19(28)13-15(2)27-24(17-5-9-18(25)10-6-17)21-12-8-16-7-11-20(29-3)14-22(16)23(21)26-27/h5-7,9-11,13-14,21,24H,4,8,12H2,1-3H3/b15-13-/t21-,24-/m1/s1. The van der Waals surface area contributed by atoms with Gasteiger partial charge in [-0.05, 0) is 55.2 Å². The number of aryl methyl sites for hydroxylation is 1. The number of halogens is 1. The number of carbonyl (C=O) groups is 1. The van der Waals surface area contributed by atoms with Gasteiger partial charge in [-0.15, -0.1) is 0 Å². The molecule has 150 valence electrons. The summed E-state index contributed by atoms with van der Waals surface area (Å²) in [4.78, 5) is 12.1. The number of rotatable bonds is 5. The largest absolute Gasteiger partial charge is 0.497 e. The van der Waals surface area contributed by atoms with Crippen molar-refractivity contribution < 1.29 is 9.53 Å². The number of hydrogen-bond acceptors (Lipinski definition) is 4. The van der Waals surface area contributed by atoms with Gasteiger partial charge in [-0.2, -0.15) is 5.10 Å². The predicted molar refractivity (Wildman–Crippen MR) is 119 cm³/mol. The van der Waals surface area contributed by atoms with Gasteiger partial charge in [0.1, 0.15) is 5.75 Å². The molecular formula is C24H25BrN2O2. The summed E-state index contributed by atoms with van der Waals surface area (Å²) in [5, 5.41) is 7.10. The van der Waals surface area contributed by atoms with E-state index in [-0.39, 0.29) is 17.7 Å². The highest BCUT2D eigenvalue weighted by Gasteiger charge is 2.42. The molecule has 0 spiro atoms. The minimum atomic E-state index is 0.0818. The number of fused-ring (bicyclic) bond motifs is 3. The molecule has 4 rings (SSSR count). The zero-order valence-corrected chi connectivity index (χ0v) is 18.6. The first-order chi connectivity index (χ1) is 14.0. The van der Waals surface area contributed by atoms with Crippen LogP contribution in [-0.4, -0.2) is 23.6 Å². The summed E-state index contributed by atoms with van der Waals surface area (Å²) in [5.41, 5.74) is 5.66. The van der Waals surface area contributed by atoms with Crippen LogP contribution in [0.25, 0.3) is 0 Å². The summed E-state index contributed by atoms with van der Waals surface area (Å²) < 4.78 is 6.52. The number of benzene rings is 2. The fourth-order valence-electron chi connectivity index (χ4n) is 4.30. The Bertz CT molecular complexity index is 994. The Hall–Kier alpha value is -2.40. The molecule has 1 heterocycles. The average Bonchev–Trinajstić information content (AvgIpc) is 3.14. The molecule has 4 nitrogen and oxygen atoms in total. The van der Waals surface area contributed by atoms with E-state index in [1.54, 1.807) is 13.2 Å². The van der Waals surface area contributed by atoms with E-state index in [1.165, 1.54) is 16.7 Å². The van der Waals surface area contributed by atoms with Gasteiger partial charge in [0.25, 0.3) is 0 Å². The topological polar surface area (TPSA) is 41.9 Å². The van der Waals surface area contributed by atoms with E-state index < -0.39 is 0 Å². The van der Waals surface area contributed by atoms with E-state index in [4.69, 9.17) is 9.84 Å². The second-order valence-corrected chi connectivity index (χ2v) is 8.52. The van der Waals surface area contributed by atoms with Crippen molar-refractivity contribution in [1.82, 2.24) is 5.01 Å². The third-order valence-electron chi connectivity index (χ3n) is 5.82. The minimum Gasteiger partial charge on any atom is -0.497 e. The molecule has 0 aromatic heterocycles. The first-order valence-corrected chi connectivity index (χ1v) is 10.8. The summed E-state index contributed by atoms with van der Waals surface area (Å²) in [7, 11) is 1.69. The molecule has 2 aromatic carbocycles. The summed E-state index contributed by atoms with van der Waals surface area (Å²) in [5.74, 6) is 1.24. The van der Waals surface area contributed by atoms with Gasteiger partial charge in [-0.1, -0.05) is 41.1 Å². The molecule has 0 amide bonds. The summed E-state index contributed by atoms with van der Waals surface area (Å²) >= 11 is 3.53. The van der Waals surface area contributed by atoms with Crippen LogP contribution in [0, 0.1) is 5.92 Å². The molecule has 2 atom stereocenters. The lowest BCUT2D eigenvalue weighted by atomic mass is 9.77. The van der Waals surface area contributed by atoms with Crippen LogP contribution in [-0.2, 0) is 11.2 Å². The Morgan fingerprint density at radius 1 is 1.28 bits per heavy atom. The van der Waals surface area contributed by atoms with Crippen molar-refractivity contribution in [3.8, 4) is 5.75 Å². The molecule has 0 saturated carbocycles. The van der Waals surface area contributed by atoms with Crippen LogP contribution in [0.3, 0.4) is 0 Å². The third kappa shape index (κ3) is 3.76. The molecule has 0 unspecified atom stereocenters. The number of hydrazone groups is 1. The van der Waals surface area contributed by atoms with Crippen molar-refractivity contribution in [2.24, 2.45) is 11.0 Å². The summed E-state index contributed by atoms with van der Waals surface area (Å²) in [6.07, 6.45) is 4.26. The Balaban J connectivity index is 1.82. The monoisotopic (exact) mass is 452 g/mol. The Morgan fingerprint density at radius 2 is 2.03 bits per heavy atom. The van der Waals surface area contributed by atoms with E-state index in [2.05, 4.69) is 52.3 Å². The fourth-order valence-corrected chi connectivity index (χ4v) is 4.57. The van der Waals surface area contributed by atoms with Crippen molar-refractivity contribution in [3.05, 3.63) is 75.4 Å². The van der Waals surface area contributed by atoms with Gasteiger partial charge in [0, 0.05) is 34.1 Å². The molecule has 29 heavy (non-hydrogen) atoms. The van der Waals surface area contributed by atoms with Crippen molar-refractivity contribution >= 4 is 27.4 Å². The van der Waals surface area contributed by atoms with Crippen molar-refractivity contribution in [2.75, 3.05) is 7.11 Å². The van der Waals surface area contributed by atoms with Crippen LogP contribution in [0.2, 0.25) is 0 Å². The lowest BCUT2D eigenvalue weighted by molar-refractivity contribution is -0.114. The van der Waals surface area contributed by atoms with Crippen LogP contribution in [0.1, 0.15) is 49.4 Å². The number of ketones is 1. The molecule has 2 aromatic rings. The minimum absolute atomic E-state index is 0.0818. The Kier molecular flexibility index (Phi) is 5.59. The zero-order chi connectivity index (χ0) is 20.5. The molecule has 2 aliphatic rings. The highest BCUT2D eigenvalue weighted by Crippen LogP contribution is 2.45. The van der Waals surface area contributed by atoms with Gasteiger partial charge >= 0.3 is 0 Å². The fraction of sp³-hybridized carbons (Fsp3) is 0.333. The number of hydrogen-bond donors (Lipinski definition) is 0. The lowest BCUT2D eigenvalue weighted by Crippen LogP contribution is -2.28. The Labute approximate surface area is 180 Å². The number of allylic oxidation sites excluding steroid dienone is 2. The summed E-state index contributed by atoms with van der Waals surface area (Å²) in [6.45, 7) is 3.86. The highest BCUT2D eigenvalue weighted by atomic mass is 79.9. The lowest BCUT2D eigenvalue weighted by Gasteiger charge is -2.31. The van der Waals surface area contributed by atoms with Crippen LogP contribution >= 0.6 is 15.9 Å². The molecule has 0 radical (unpaired) electrons. The maximum Gasteiger partial charge on any atom is 0.157 e. The smallest absolute Gasteiger partial charge is 0.157 e. The van der Waals surface area contributed by atoms with Gasteiger partial charge in [-0.25, -0.2) is 0 Å². The molecule has 1 aliphatic heterocycles. The van der Waals surface area contributed by atoms with Gasteiger partial charge in [0.2, 0.25) is 0 Å². The molecule has 0 N–H and O–H groups in total. The average molecular weight is 453 g/mol. The van der Waals surface area contributed by atoms with Crippen molar-refractivity contribution in [3.63, 3.8) is 0 Å². The van der Waals surface area contributed by atoms with Crippen molar-refractivity contribution in [2.45, 2.75) is 39.2 Å². The SMILES string of the molecule is CCC(=O)/C=C(/C)N1N=C2c3cc(OC)ccc3CC[C@H]2[C@H]1c1ccc(Br)cc1. The van der Waals surface area contributed by atoms with Crippen LogP contribution < -0.4 is 4.74 Å². The molecule has 1 aliphatic carbocycles. The zero-order valence-electron chi connectivity index (χ0n) is 17.0. The first-order valence-electron chi connectivity index (χ1n) is 10.0. The third-order valence-corrected chi connectivity index (χ3v) is 6.35. The second kappa shape index (κ2) is 8.15. The second-order valence-electron chi connectivity index (χ2n) is 7.60. The van der Waals surface area contributed by atoms with E-state index in [9.17, 15) is 4.79 Å². The maximum absolute atomic E-state index is 12.1. The molecular weight excluding hydrogens is 428 g/mol. The van der Waals surface area contributed by atoms with Crippen LogP contribution in [0.5, 0.6) is 5.75 Å². The van der Waals surface area contributed by atoms with E-state index in [1.807, 2.05) is 24.9 Å². The first kappa shape index (κ1) is 19.9.